The second-order valence-corrected chi connectivity index (χ2v) is 5.89. The van der Waals surface area contributed by atoms with E-state index in [2.05, 4.69) is 10.1 Å². The number of aromatic hydroxyl groups is 1. The second kappa shape index (κ2) is 8.08. The van der Waals surface area contributed by atoms with E-state index < -0.39 is 5.97 Å². The molecule has 1 aromatic rings. The van der Waals surface area contributed by atoms with Gasteiger partial charge in [0.2, 0.25) is 0 Å². The van der Waals surface area contributed by atoms with Crippen molar-refractivity contribution in [2.45, 2.75) is 20.8 Å². The van der Waals surface area contributed by atoms with Gasteiger partial charge >= 0.3 is 5.97 Å². The highest BCUT2D eigenvalue weighted by Gasteiger charge is 2.22. The molecule has 0 aliphatic carbocycles. The van der Waals surface area contributed by atoms with Gasteiger partial charge in [-0.15, -0.1) is 0 Å². The van der Waals surface area contributed by atoms with E-state index in [0.717, 1.165) is 38.4 Å². The van der Waals surface area contributed by atoms with E-state index in [1.807, 2.05) is 26.0 Å². The largest absolute Gasteiger partial charge is 0.507 e. The molecule has 1 fully saturated rings. The normalized spacial score (nSPS) is 17.8. The number of morpholine rings is 1. The van der Waals surface area contributed by atoms with Crippen molar-refractivity contribution in [2.24, 2.45) is 11.1 Å². The van der Waals surface area contributed by atoms with Crippen LogP contribution in [0, 0.1) is 12.8 Å². The number of phenolic OH excluding ortho intramolecular Hbond substituents is 1. The van der Waals surface area contributed by atoms with Crippen molar-refractivity contribution in [3.05, 3.63) is 29.3 Å². The number of aryl methyl sites for hydroxylation is 1. The lowest BCUT2D eigenvalue weighted by Gasteiger charge is -2.29. The number of ether oxygens (including phenoxy) is 1. The van der Waals surface area contributed by atoms with Gasteiger partial charge in [0.25, 0.3) is 0 Å². The van der Waals surface area contributed by atoms with Crippen LogP contribution in [0.4, 0.5) is 0 Å². The summed E-state index contributed by atoms with van der Waals surface area (Å²) in [5.74, 6) is -0.344. The van der Waals surface area contributed by atoms with Crippen LogP contribution in [0.1, 0.15) is 25.0 Å². The molecule has 1 heterocycles. The van der Waals surface area contributed by atoms with Crippen LogP contribution in [-0.4, -0.2) is 54.5 Å². The Labute approximate surface area is 136 Å². The standard InChI is InChI=1S/C17H24N2O4/c1-12-4-5-16(21)15(10-12)17(18-23-14(3)20)13(2)11-19-6-8-22-9-7-19/h4-5,10,13,21H,6-9,11H2,1-3H3/b18-17-. The van der Waals surface area contributed by atoms with Crippen LogP contribution in [0.3, 0.4) is 0 Å². The smallest absolute Gasteiger partial charge is 0.331 e. The molecule has 2 rings (SSSR count). The zero-order valence-corrected chi connectivity index (χ0v) is 13.9. The topological polar surface area (TPSA) is 71.4 Å². The number of phenols is 1. The summed E-state index contributed by atoms with van der Waals surface area (Å²) in [5.41, 5.74) is 2.19. The quantitative estimate of drug-likeness (QED) is 0.510. The summed E-state index contributed by atoms with van der Waals surface area (Å²) < 4.78 is 5.36. The van der Waals surface area contributed by atoms with Crippen molar-refractivity contribution in [1.82, 2.24) is 4.90 Å². The Kier molecular flexibility index (Phi) is 6.12. The maximum absolute atomic E-state index is 11.1. The number of oxime groups is 1. The summed E-state index contributed by atoms with van der Waals surface area (Å²) in [7, 11) is 0. The first-order valence-corrected chi connectivity index (χ1v) is 7.83. The summed E-state index contributed by atoms with van der Waals surface area (Å²) in [6.07, 6.45) is 0. The molecule has 126 valence electrons. The average molecular weight is 320 g/mol. The molecular formula is C17H24N2O4. The third kappa shape index (κ3) is 5.04. The number of benzene rings is 1. The predicted molar refractivity (Wildman–Crippen MR) is 87.6 cm³/mol. The van der Waals surface area contributed by atoms with E-state index >= 15 is 0 Å². The van der Waals surface area contributed by atoms with Gasteiger partial charge in [0.15, 0.2) is 0 Å². The van der Waals surface area contributed by atoms with Gasteiger partial charge in [0.05, 0.1) is 18.9 Å². The summed E-state index contributed by atoms with van der Waals surface area (Å²) in [4.78, 5) is 18.3. The Bertz CT molecular complexity index is 580. The van der Waals surface area contributed by atoms with E-state index in [1.165, 1.54) is 6.92 Å². The maximum Gasteiger partial charge on any atom is 0.331 e. The van der Waals surface area contributed by atoms with Gasteiger partial charge in [0, 0.05) is 38.0 Å². The first kappa shape index (κ1) is 17.4. The van der Waals surface area contributed by atoms with Crippen molar-refractivity contribution in [2.75, 3.05) is 32.8 Å². The predicted octanol–water partition coefficient (Wildman–Crippen LogP) is 1.94. The van der Waals surface area contributed by atoms with E-state index in [4.69, 9.17) is 9.57 Å². The van der Waals surface area contributed by atoms with Crippen molar-refractivity contribution >= 4 is 11.7 Å². The summed E-state index contributed by atoms with van der Waals surface area (Å²) in [6, 6.07) is 5.32. The van der Waals surface area contributed by atoms with Crippen LogP contribution in [0.25, 0.3) is 0 Å². The van der Waals surface area contributed by atoms with Crippen molar-refractivity contribution < 1.29 is 19.5 Å². The Morgan fingerprint density at radius 3 is 2.78 bits per heavy atom. The third-order valence-electron chi connectivity index (χ3n) is 3.80. The lowest BCUT2D eigenvalue weighted by Crippen LogP contribution is -2.40. The van der Waals surface area contributed by atoms with Gasteiger partial charge in [0.1, 0.15) is 5.75 Å². The maximum atomic E-state index is 11.1. The van der Waals surface area contributed by atoms with Crippen LogP contribution in [0.5, 0.6) is 5.75 Å². The molecule has 6 nitrogen and oxygen atoms in total. The van der Waals surface area contributed by atoms with Crippen LogP contribution in [-0.2, 0) is 14.4 Å². The van der Waals surface area contributed by atoms with Gasteiger partial charge < -0.3 is 14.7 Å². The molecule has 0 spiro atoms. The summed E-state index contributed by atoms with van der Waals surface area (Å²) in [5, 5.41) is 14.2. The fourth-order valence-electron chi connectivity index (χ4n) is 2.63. The molecular weight excluding hydrogens is 296 g/mol. The molecule has 0 aromatic heterocycles. The number of rotatable bonds is 5. The third-order valence-corrected chi connectivity index (χ3v) is 3.80. The molecule has 1 aliphatic rings. The van der Waals surface area contributed by atoms with Gasteiger partial charge in [-0.3, -0.25) is 4.90 Å². The van der Waals surface area contributed by atoms with E-state index in [-0.39, 0.29) is 11.7 Å². The average Bonchev–Trinajstić information content (AvgIpc) is 2.51. The lowest BCUT2D eigenvalue weighted by molar-refractivity contribution is -0.140. The number of hydrogen-bond acceptors (Lipinski definition) is 6. The zero-order valence-electron chi connectivity index (χ0n) is 13.9. The highest BCUT2D eigenvalue weighted by molar-refractivity contribution is 6.04. The Morgan fingerprint density at radius 2 is 2.13 bits per heavy atom. The molecule has 1 aromatic carbocycles. The van der Waals surface area contributed by atoms with Gasteiger partial charge in [-0.25, -0.2) is 4.79 Å². The number of nitrogens with zero attached hydrogens (tertiary/aromatic N) is 2. The molecule has 0 saturated carbocycles. The molecule has 1 unspecified atom stereocenters. The molecule has 6 heteroatoms. The Morgan fingerprint density at radius 1 is 1.43 bits per heavy atom. The van der Waals surface area contributed by atoms with Crippen LogP contribution < -0.4 is 0 Å². The molecule has 23 heavy (non-hydrogen) atoms. The Balaban J connectivity index is 2.24. The molecule has 1 N–H and O–H groups in total. The second-order valence-electron chi connectivity index (χ2n) is 5.89. The van der Waals surface area contributed by atoms with E-state index in [1.54, 1.807) is 6.07 Å². The molecule has 0 amide bonds. The van der Waals surface area contributed by atoms with Crippen molar-refractivity contribution in [3.63, 3.8) is 0 Å². The van der Waals surface area contributed by atoms with Crippen molar-refractivity contribution in [3.8, 4) is 5.75 Å². The van der Waals surface area contributed by atoms with Crippen molar-refractivity contribution in [1.29, 1.82) is 0 Å². The van der Waals surface area contributed by atoms with Gasteiger partial charge in [-0.1, -0.05) is 23.7 Å². The molecule has 0 radical (unpaired) electrons. The lowest BCUT2D eigenvalue weighted by atomic mass is 9.95. The first-order valence-electron chi connectivity index (χ1n) is 7.83. The fourth-order valence-corrected chi connectivity index (χ4v) is 2.63. The van der Waals surface area contributed by atoms with E-state index in [0.29, 0.717) is 11.3 Å². The van der Waals surface area contributed by atoms with Crippen LogP contribution in [0.2, 0.25) is 0 Å². The molecule has 1 atom stereocenters. The minimum absolute atomic E-state index is 0.000139. The molecule has 1 saturated heterocycles. The summed E-state index contributed by atoms with van der Waals surface area (Å²) in [6.45, 7) is 9.20. The number of carbonyl (C=O) groups excluding carboxylic acids is 1. The van der Waals surface area contributed by atoms with Crippen LogP contribution >= 0.6 is 0 Å². The van der Waals surface area contributed by atoms with Gasteiger partial charge in [-0.05, 0) is 19.1 Å². The van der Waals surface area contributed by atoms with Gasteiger partial charge in [-0.2, -0.15) is 0 Å². The van der Waals surface area contributed by atoms with E-state index in [9.17, 15) is 9.90 Å². The Hall–Kier alpha value is -1.92. The monoisotopic (exact) mass is 320 g/mol. The summed E-state index contributed by atoms with van der Waals surface area (Å²) >= 11 is 0. The first-order chi connectivity index (χ1) is 11.0. The highest BCUT2D eigenvalue weighted by Crippen LogP contribution is 2.23. The van der Waals surface area contributed by atoms with Crippen LogP contribution in [0.15, 0.2) is 23.4 Å². The SMILES string of the molecule is CC(=O)O/N=C(\c1cc(C)ccc1O)C(C)CN1CCOCC1. The highest BCUT2D eigenvalue weighted by atomic mass is 16.7. The molecule has 1 aliphatic heterocycles. The fraction of sp³-hybridized carbons (Fsp3) is 0.529. The number of carbonyl (C=O) groups is 1. The minimum Gasteiger partial charge on any atom is -0.507 e. The minimum atomic E-state index is -0.479. The number of hydrogen-bond donors (Lipinski definition) is 1. The zero-order chi connectivity index (χ0) is 16.8. The molecule has 0 bridgehead atoms.